The number of benzene rings is 3. The van der Waals surface area contributed by atoms with E-state index in [1.165, 1.54) is 0 Å². The first-order valence-corrected chi connectivity index (χ1v) is 7.79. The van der Waals surface area contributed by atoms with E-state index in [2.05, 4.69) is 0 Å². The zero-order chi connectivity index (χ0) is 17.5. The molecule has 0 saturated carbocycles. The standard InChI is InChI=1S/C21H16O4/c22-14-16-8-12-19(13-9-16)24-15-17-6-10-18(11-7-17)21(23)25-20-4-2-1-3-5-20/h1-14H,15H2. The van der Waals surface area contributed by atoms with E-state index in [4.69, 9.17) is 9.47 Å². The van der Waals surface area contributed by atoms with Gasteiger partial charge in [-0.1, -0.05) is 30.3 Å². The van der Waals surface area contributed by atoms with Crippen LogP contribution in [-0.2, 0) is 6.61 Å². The molecule has 0 radical (unpaired) electrons. The highest BCUT2D eigenvalue weighted by atomic mass is 16.5. The number of carbonyl (C=O) groups is 2. The van der Waals surface area contributed by atoms with Crippen molar-refractivity contribution >= 4 is 12.3 Å². The summed E-state index contributed by atoms with van der Waals surface area (Å²) in [6.07, 6.45) is 0.789. The van der Waals surface area contributed by atoms with Crippen LogP contribution in [0.3, 0.4) is 0 Å². The van der Waals surface area contributed by atoms with Crippen molar-refractivity contribution in [2.24, 2.45) is 0 Å². The van der Waals surface area contributed by atoms with E-state index in [-0.39, 0.29) is 0 Å². The number of carbonyl (C=O) groups excluding carboxylic acids is 2. The van der Waals surface area contributed by atoms with Gasteiger partial charge in [0.2, 0.25) is 0 Å². The number of hydrogen-bond donors (Lipinski definition) is 0. The van der Waals surface area contributed by atoms with Crippen molar-refractivity contribution in [2.75, 3.05) is 0 Å². The van der Waals surface area contributed by atoms with Crippen molar-refractivity contribution in [3.63, 3.8) is 0 Å². The molecule has 0 saturated heterocycles. The molecule has 0 bridgehead atoms. The van der Waals surface area contributed by atoms with Crippen molar-refractivity contribution in [3.8, 4) is 11.5 Å². The summed E-state index contributed by atoms with van der Waals surface area (Å²) in [5, 5.41) is 0. The number of para-hydroxylation sites is 1. The van der Waals surface area contributed by atoms with Crippen LogP contribution >= 0.6 is 0 Å². The van der Waals surface area contributed by atoms with E-state index in [1.54, 1.807) is 48.5 Å². The van der Waals surface area contributed by atoms with Crippen LogP contribution in [0.2, 0.25) is 0 Å². The van der Waals surface area contributed by atoms with Crippen LogP contribution in [0, 0.1) is 0 Å². The largest absolute Gasteiger partial charge is 0.489 e. The minimum Gasteiger partial charge on any atom is -0.489 e. The molecule has 0 N–H and O–H groups in total. The second kappa shape index (κ2) is 7.93. The van der Waals surface area contributed by atoms with Crippen LogP contribution in [-0.4, -0.2) is 12.3 Å². The summed E-state index contributed by atoms with van der Waals surface area (Å²) in [7, 11) is 0. The van der Waals surface area contributed by atoms with Gasteiger partial charge in [-0.05, 0) is 54.1 Å². The molecule has 3 aromatic rings. The van der Waals surface area contributed by atoms with Crippen molar-refractivity contribution in [2.45, 2.75) is 6.61 Å². The molecule has 0 aromatic heterocycles. The Morgan fingerprint density at radius 3 is 2.12 bits per heavy atom. The van der Waals surface area contributed by atoms with E-state index in [9.17, 15) is 9.59 Å². The number of hydrogen-bond acceptors (Lipinski definition) is 4. The molecule has 0 atom stereocenters. The van der Waals surface area contributed by atoms with Crippen LogP contribution < -0.4 is 9.47 Å². The second-order valence-corrected chi connectivity index (χ2v) is 5.38. The quantitative estimate of drug-likeness (QED) is 0.384. The number of esters is 1. The summed E-state index contributed by atoms with van der Waals surface area (Å²) in [6, 6.07) is 22.9. The Balaban J connectivity index is 1.57. The van der Waals surface area contributed by atoms with Gasteiger partial charge in [0, 0.05) is 5.56 Å². The molecule has 4 heteroatoms. The molecule has 0 fully saturated rings. The normalized spacial score (nSPS) is 10.1. The molecule has 0 aliphatic rings. The molecule has 4 nitrogen and oxygen atoms in total. The third-order valence-corrected chi connectivity index (χ3v) is 3.57. The van der Waals surface area contributed by atoms with Crippen LogP contribution in [0.1, 0.15) is 26.3 Å². The first kappa shape index (κ1) is 16.5. The highest BCUT2D eigenvalue weighted by Crippen LogP contribution is 2.15. The first-order valence-electron chi connectivity index (χ1n) is 7.79. The third kappa shape index (κ3) is 4.54. The minimum absolute atomic E-state index is 0.369. The first-order chi connectivity index (χ1) is 12.2. The lowest BCUT2D eigenvalue weighted by Gasteiger charge is -2.08. The lowest BCUT2D eigenvalue weighted by molar-refractivity contribution is 0.0734. The van der Waals surface area contributed by atoms with Crippen molar-refractivity contribution < 1.29 is 19.1 Å². The monoisotopic (exact) mass is 332 g/mol. The summed E-state index contributed by atoms with van der Waals surface area (Å²) in [5.41, 5.74) is 2.01. The Labute approximate surface area is 145 Å². The number of aldehydes is 1. The van der Waals surface area contributed by atoms with Crippen LogP contribution in [0.25, 0.3) is 0 Å². The molecule has 0 unspecified atom stereocenters. The predicted octanol–water partition coefficient (Wildman–Crippen LogP) is 4.30. The Morgan fingerprint density at radius 2 is 1.48 bits per heavy atom. The number of ether oxygens (including phenoxy) is 2. The summed E-state index contributed by atoms with van der Waals surface area (Å²) in [4.78, 5) is 22.7. The van der Waals surface area contributed by atoms with E-state index in [0.29, 0.717) is 29.2 Å². The fourth-order valence-electron chi connectivity index (χ4n) is 2.20. The van der Waals surface area contributed by atoms with Gasteiger partial charge in [0.05, 0.1) is 5.56 Å². The highest BCUT2D eigenvalue weighted by Gasteiger charge is 2.08. The maximum absolute atomic E-state index is 12.1. The molecule has 25 heavy (non-hydrogen) atoms. The van der Waals surface area contributed by atoms with Crippen molar-refractivity contribution in [1.82, 2.24) is 0 Å². The maximum atomic E-state index is 12.1. The van der Waals surface area contributed by atoms with Gasteiger partial charge in [0.15, 0.2) is 0 Å². The number of rotatable bonds is 6. The summed E-state index contributed by atoms with van der Waals surface area (Å²) < 4.78 is 10.9. The summed E-state index contributed by atoms with van der Waals surface area (Å²) in [5.74, 6) is 0.792. The van der Waals surface area contributed by atoms with Gasteiger partial charge in [0.1, 0.15) is 24.4 Å². The van der Waals surface area contributed by atoms with Gasteiger partial charge in [0.25, 0.3) is 0 Å². The Kier molecular flexibility index (Phi) is 5.22. The van der Waals surface area contributed by atoms with Crippen LogP contribution in [0.4, 0.5) is 0 Å². The van der Waals surface area contributed by atoms with Gasteiger partial charge in [-0.2, -0.15) is 0 Å². The smallest absolute Gasteiger partial charge is 0.343 e. The van der Waals surface area contributed by atoms with Crippen molar-refractivity contribution in [1.29, 1.82) is 0 Å². The fraction of sp³-hybridized carbons (Fsp3) is 0.0476. The topological polar surface area (TPSA) is 52.6 Å². The van der Waals surface area contributed by atoms with Crippen LogP contribution in [0.5, 0.6) is 11.5 Å². The van der Waals surface area contributed by atoms with E-state index in [0.717, 1.165) is 11.8 Å². The molecular formula is C21H16O4. The molecular weight excluding hydrogens is 316 g/mol. The molecule has 3 aromatic carbocycles. The SMILES string of the molecule is O=Cc1ccc(OCc2ccc(C(=O)Oc3ccccc3)cc2)cc1. The zero-order valence-corrected chi connectivity index (χ0v) is 13.4. The Hall–Kier alpha value is -3.40. The van der Waals surface area contributed by atoms with Crippen molar-refractivity contribution in [3.05, 3.63) is 95.6 Å². The average Bonchev–Trinajstić information content (AvgIpc) is 2.68. The predicted molar refractivity (Wildman–Crippen MR) is 94.0 cm³/mol. The third-order valence-electron chi connectivity index (χ3n) is 3.57. The second-order valence-electron chi connectivity index (χ2n) is 5.38. The highest BCUT2D eigenvalue weighted by molar-refractivity contribution is 5.91. The molecule has 124 valence electrons. The lowest BCUT2D eigenvalue weighted by atomic mass is 10.1. The van der Waals surface area contributed by atoms with E-state index >= 15 is 0 Å². The summed E-state index contributed by atoms with van der Waals surface area (Å²) >= 11 is 0. The van der Waals surface area contributed by atoms with Gasteiger partial charge in [-0.15, -0.1) is 0 Å². The van der Waals surface area contributed by atoms with Gasteiger partial charge in [-0.25, -0.2) is 4.79 Å². The van der Waals surface area contributed by atoms with E-state index in [1.807, 2.05) is 30.3 Å². The Bertz CT molecular complexity index is 837. The minimum atomic E-state index is -0.400. The fourth-order valence-corrected chi connectivity index (χ4v) is 2.20. The average molecular weight is 332 g/mol. The maximum Gasteiger partial charge on any atom is 0.343 e. The van der Waals surface area contributed by atoms with Crippen LogP contribution in [0.15, 0.2) is 78.9 Å². The van der Waals surface area contributed by atoms with Gasteiger partial charge >= 0.3 is 5.97 Å². The lowest BCUT2D eigenvalue weighted by Crippen LogP contribution is -2.08. The molecule has 0 heterocycles. The zero-order valence-electron chi connectivity index (χ0n) is 13.4. The Morgan fingerprint density at radius 1 is 0.800 bits per heavy atom. The molecule has 0 aliphatic heterocycles. The molecule has 0 spiro atoms. The van der Waals surface area contributed by atoms with E-state index < -0.39 is 5.97 Å². The van der Waals surface area contributed by atoms with Gasteiger partial charge in [-0.3, -0.25) is 4.79 Å². The van der Waals surface area contributed by atoms with Gasteiger partial charge < -0.3 is 9.47 Å². The molecule has 3 rings (SSSR count). The molecule has 0 aliphatic carbocycles. The molecule has 0 amide bonds. The summed E-state index contributed by atoms with van der Waals surface area (Å²) in [6.45, 7) is 0.369.